The number of anilines is 1. The van der Waals surface area contributed by atoms with Crippen LogP contribution in [0.4, 0.5) is 10.7 Å². The van der Waals surface area contributed by atoms with Crippen LogP contribution < -0.4 is 4.90 Å². The summed E-state index contributed by atoms with van der Waals surface area (Å²) in [5, 5.41) is 11.7. The van der Waals surface area contributed by atoms with Gasteiger partial charge < -0.3 is 4.90 Å². The first-order chi connectivity index (χ1) is 8.50. The lowest BCUT2D eigenvalue weighted by atomic mass is 10.0. The zero-order chi connectivity index (χ0) is 13.3. The van der Waals surface area contributed by atoms with Crippen LogP contribution in [0.1, 0.15) is 42.8 Å². The molecule has 5 nitrogen and oxygen atoms in total. The lowest BCUT2D eigenvalue weighted by Gasteiger charge is -2.33. The molecule has 1 unspecified atom stereocenters. The summed E-state index contributed by atoms with van der Waals surface area (Å²) < 4.78 is 0. The van der Waals surface area contributed by atoms with E-state index in [9.17, 15) is 14.9 Å². The Labute approximate surface area is 110 Å². The molecule has 1 aromatic rings. The van der Waals surface area contributed by atoms with Gasteiger partial charge >= 0.3 is 5.69 Å². The van der Waals surface area contributed by atoms with E-state index in [0.717, 1.165) is 25.8 Å². The van der Waals surface area contributed by atoms with Crippen LogP contribution in [-0.2, 0) is 0 Å². The topological polar surface area (TPSA) is 63.4 Å². The van der Waals surface area contributed by atoms with Crippen LogP contribution in [0.5, 0.6) is 0 Å². The van der Waals surface area contributed by atoms with Crippen LogP contribution >= 0.6 is 11.3 Å². The first-order valence-electron chi connectivity index (χ1n) is 6.06. The number of thiophene rings is 1. The standard InChI is InChI=1S/C12H16N2O3S/c1-8-5-3-4-6-13(8)12-10(14(16)17)7-11(18-12)9(2)15/h7-8H,3-6H2,1-2H3. The second-order valence-corrected chi connectivity index (χ2v) is 5.68. The van der Waals surface area contributed by atoms with E-state index < -0.39 is 0 Å². The fourth-order valence-electron chi connectivity index (χ4n) is 2.28. The summed E-state index contributed by atoms with van der Waals surface area (Å²) in [7, 11) is 0. The van der Waals surface area contributed by atoms with Crippen LogP contribution in [0.25, 0.3) is 0 Å². The first-order valence-corrected chi connectivity index (χ1v) is 6.88. The minimum atomic E-state index is -0.389. The van der Waals surface area contributed by atoms with E-state index in [0.29, 0.717) is 15.9 Å². The van der Waals surface area contributed by atoms with E-state index in [2.05, 4.69) is 11.8 Å². The zero-order valence-corrected chi connectivity index (χ0v) is 11.3. The van der Waals surface area contributed by atoms with Crippen molar-refractivity contribution in [3.05, 3.63) is 21.1 Å². The van der Waals surface area contributed by atoms with Crippen molar-refractivity contribution in [3.63, 3.8) is 0 Å². The lowest BCUT2D eigenvalue weighted by molar-refractivity contribution is -0.383. The summed E-state index contributed by atoms with van der Waals surface area (Å²) in [6.45, 7) is 4.36. The molecule has 0 spiro atoms. The van der Waals surface area contributed by atoms with Crippen molar-refractivity contribution < 1.29 is 9.72 Å². The van der Waals surface area contributed by atoms with Crippen molar-refractivity contribution in [1.29, 1.82) is 0 Å². The molecule has 0 aliphatic carbocycles. The van der Waals surface area contributed by atoms with Gasteiger partial charge in [-0.15, -0.1) is 11.3 Å². The molecule has 0 N–H and O–H groups in total. The Kier molecular flexibility index (Phi) is 3.65. The largest absolute Gasteiger partial charge is 0.355 e. The van der Waals surface area contributed by atoms with Crippen molar-refractivity contribution in [2.75, 3.05) is 11.4 Å². The number of ketones is 1. The highest BCUT2D eigenvalue weighted by molar-refractivity contribution is 7.18. The lowest BCUT2D eigenvalue weighted by Crippen LogP contribution is -2.37. The molecule has 1 saturated heterocycles. The van der Waals surface area contributed by atoms with Crippen LogP contribution in [-0.4, -0.2) is 23.3 Å². The van der Waals surface area contributed by atoms with Crippen molar-refractivity contribution in [2.24, 2.45) is 0 Å². The number of rotatable bonds is 3. The maximum Gasteiger partial charge on any atom is 0.304 e. The molecule has 1 aliphatic rings. The highest BCUT2D eigenvalue weighted by Crippen LogP contribution is 2.40. The number of carbonyl (C=O) groups excluding carboxylic acids is 1. The minimum absolute atomic E-state index is 0.0685. The number of hydrogen-bond acceptors (Lipinski definition) is 5. The van der Waals surface area contributed by atoms with E-state index in [1.807, 2.05) is 0 Å². The second-order valence-electron chi connectivity index (χ2n) is 4.65. The van der Waals surface area contributed by atoms with Gasteiger partial charge in [0.15, 0.2) is 10.8 Å². The molecule has 0 aromatic carbocycles. The summed E-state index contributed by atoms with van der Waals surface area (Å²) in [6.07, 6.45) is 3.26. The van der Waals surface area contributed by atoms with E-state index in [4.69, 9.17) is 0 Å². The predicted octanol–water partition coefficient (Wildman–Crippen LogP) is 3.24. The second kappa shape index (κ2) is 5.06. The van der Waals surface area contributed by atoms with Gasteiger partial charge in [-0.2, -0.15) is 0 Å². The summed E-state index contributed by atoms with van der Waals surface area (Å²) in [5.74, 6) is -0.112. The Morgan fingerprint density at radius 1 is 1.56 bits per heavy atom. The van der Waals surface area contributed by atoms with Gasteiger partial charge in [0.1, 0.15) is 0 Å². The average molecular weight is 268 g/mol. The number of carbonyl (C=O) groups is 1. The van der Waals surface area contributed by atoms with Crippen LogP contribution in [0.2, 0.25) is 0 Å². The third kappa shape index (κ3) is 2.38. The fraction of sp³-hybridized carbons (Fsp3) is 0.583. The van der Waals surface area contributed by atoms with Gasteiger partial charge in [0.25, 0.3) is 0 Å². The molecule has 1 aliphatic heterocycles. The monoisotopic (exact) mass is 268 g/mol. The van der Waals surface area contributed by atoms with Crippen LogP contribution in [0, 0.1) is 10.1 Å². The molecule has 0 amide bonds. The van der Waals surface area contributed by atoms with Gasteiger partial charge in [-0.3, -0.25) is 14.9 Å². The molecule has 2 rings (SSSR count). The fourth-order valence-corrected chi connectivity index (χ4v) is 3.43. The van der Waals surface area contributed by atoms with Gasteiger partial charge in [-0.25, -0.2) is 0 Å². The Morgan fingerprint density at radius 2 is 2.28 bits per heavy atom. The normalized spacial score (nSPS) is 19.9. The molecule has 6 heteroatoms. The Hall–Kier alpha value is -1.43. The Bertz CT molecular complexity index is 484. The smallest absolute Gasteiger partial charge is 0.304 e. The van der Waals surface area contributed by atoms with E-state index in [1.165, 1.54) is 24.3 Å². The number of nitrogens with zero attached hydrogens (tertiary/aromatic N) is 2. The molecule has 18 heavy (non-hydrogen) atoms. The van der Waals surface area contributed by atoms with E-state index in [1.54, 1.807) is 0 Å². The third-order valence-corrected chi connectivity index (χ3v) is 4.56. The molecule has 0 bridgehead atoms. The Balaban J connectivity index is 2.41. The molecule has 1 aromatic heterocycles. The number of nitro groups is 1. The maximum atomic E-state index is 11.4. The number of piperidine rings is 1. The van der Waals surface area contributed by atoms with E-state index >= 15 is 0 Å². The summed E-state index contributed by atoms with van der Waals surface area (Å²) in [4.78, 5) is 24.6. The number of hydrogen-bond donors (Lipinski definition) is 0. The summed E-state index contributed by atoms with van der Waals surface area (Å²) in [6, 6.07) is 1.71. The quantitative estimate of drug-likeness (QED) is 0.479. The highest BCUT2D eigenvalue weighted by Gasteiger charge is 2.29. The molecular weight excluding hydrogens is 252 g/mol. The van der Waals surface area contributed by atoms with Crippen LogP contribution in [0.15, 0.2) is 6.07 Å². The SMILES string of the molecule is CC(=O)c1cc([N+](=O)[O-])c(N2CCCCC2C)s1. The van der Waals surface area contributed by atoms with Crippen LogP contribution in [0.3, 0.4) is 0 Å². The molecule has 98 valence electrons. The highest BCUT2D eigenvalue weighted by atomic mass is 32.1. The van der Waals surface area contributed by atoms with Crippen molar-refractivity contribution in [1.82, 2.24) is 0 Å². The van der Waals surface area contributed by atoms with Gasteiger partial charge in [-0.1, -0.05) is 0 Å². The molecule has 1 fully saturated rings. The minimum Gasteiger partial charge on any atom is -0.355 e. The predicted molar refractivity (Wildman–Crippen MR) is 71.6 cm³/mol. The third-order valence-electron chi connectivity index (χ3n) is 3.30. The maximum absolute atomic E-state index is 11.4. The summed E-state index contributed by atoms with van der Waals surface area (Å²) >= 11 is 1.24. The van der Waals surface area contributed by atoms with Gasteiger partial charge in [-0.05, 0) is 33.1 Å². The first kappa shape index (κ1) is 13.0. The molecular formula is C12H16N2O3S. The van der Waals surface area contributed by atoms with Crippen molar-refractivity contribution in [3.8, 4) is 0 Å². The van der Waals surface area contributed by atoms with Gasteiger partial charge in [0, 0.05) is 18.7 Å². The zero-order valence-electron chi connectivity index (χ0n) is 10.5. The summed E-state index contributed by atoms with van der Waals surface area (Å²) in [5.41, 5.74) is 0.0685. The molecule has 2 heterocycles. The average Bonchev–Trinajstić information content (AvgIpc) is 2.74. The molecule has 0 radical (unpaired) electrons. The van der Waals surface area contributed by atoms with Gasteiger partial charge in [0.05, 0.1) is 9.80 Å². The van der Waals surface area contributed by atoms with E-state index in [-0.39, 0.29) is 16.4 Å². The Morgan fingerprint density at radius 3 is 2.83 bits per heavy atom. The molecule has 0 saturated carbocycles. The van der Waals surface area contributed by atoms with Gasteiger partial charge in [0.2, 0.25) is 0 Å². The molecule has 1 atom stereocenters. The van der Waals surface area contributed by atoms with Crippen molar-refractivity contribution >= 4 is 27.8 Å². The number of Topliss-reactive ketones (excluding diaryl/α,β-unsaturated/α-hetero) is 1. The van der Waals surface area contributed by atoms with Crippen molar-refractivity contribution in [2.45, 2.75) is 39.2 Å².